The number of nitrogens with zero attached hydrogens (tertiary/aromatic N) is 1. The van der Waals surface area contributed by atoms with E-state index in [4.69, 9.17) is 19.8 Å². The standard InChI is InChI=1S/C9H15NO3/c10-4-3-8(7-11)1-2-9-12-5-6-13-9/h8-9,11H,1-3,5-7H2. The Morgan fingerprint density at radius 3 is 2.69 bits per heavy atom. The van der Waals surface area contributed by atoms with Crippen LogP contribution in [0.15, 0.2) is 0 Å². The maximum Gasteiger partial charge on any atom is 0.157 e. The molecule has 0 bridgehead atoms. The van der Waals surface area contributed by atoms with Crippen molar-refractivity contribution in [3.63, 3.8) is 0 Å². The van der Waals surface area contributed by atoms with Crippen LogP contribution < -0.4 is 0 Å². The Morgan fingerprint density at radius 2 is 2.15 bits per heavy atom. The molecule has 1 fully saturated rings. The molecular weight excluding hydrogens is 170 g/mol. The van der Waals surface area contributed by atoms with Gasteiger partial charge in [-0.15, -0.1) is 0 Å². The molecule has 0 saturated carbocycles. The minimum atomic E-state index is -0.118. The largest absolute Gasteiger partial charge is 0.396 e. The van der Waals surface area contributed by atoms with Crippen LogP contribution in [0.25, 0.3) is 0 Å². The first-order chi connectivity index (χ1) is 6.36. The Morgan fingerprint density at radius 1 is 1.46 bits per heavy atom. The van der Waals surface area contributed by atoms with Crippen molar-refractivity contribution in [2.75, 3.05) is 19.8 Å². The van der Waals surface area contributed by atoms with Crippen molar-refractivity contribution in [1.82, 2.24) is 0 Å². The van der Waals surface area contributed by atoms with E-state index < -0.39 is 0 Å². The monoisotopic (exact) mass is 185 g/mol. The van der Waals surface area contributed by atoms with Gasteiger partial charge in [0.25, 0.3) is 0 Å². The zero-order chi connectivity index (χ0) is 9.52. The zero-order valence-electron chi connectivity index (χ0n) is 7.61. The highest BCUT2D eigenvalue weighted by Gasteiger charge is 2.17. The van der Waals surface area contributed by atoms with Crippen molar-refractivity contribution in [3.05, 3.63) is 0 Å². The van der Waals surface area contributed by atoms with Gasteiger partial charge in [-0.05, 0) is 18.8 Å². The number of nitriles is 1. The third-order valence-electron chi connectivity index (χ3n) is 2.14. The highest BCUT2D eigenvalue weighted by molar-refractivity contribution is 4.75. The van der Waals surface area contributed by atoms with Gasteiger partial charge in [0.05, 0.1) is 19.3 Å². The Labute approximate surface area is 78.1 Å². The van der Waals surface area contributed by atoms with E-state index in [1.54, 1.807) is 0 Å². The summed E-state index contributed by atoms with van der Waals surface area (Å²) in [6, 6.07) is 2.05. The van der Waals surface area contributed by atoms with E-state index >= 15 is 0 Å². The molecule has 0 amide bonds. The van der Waals surface area contributed by atoms with Crippen molar-refractivity contribution in [3.8, 4) is 6.07 Å². The van der Waals surface area contributed by atoms with Crippen LogP contribution in [0.1, 0.15) is 19.3 Å². The fourth-order valence-electron chi connectivity index (χ4n) is 1.33. The molecule has 13 heavy (non-hydrogen) atoms. The molecule has 0 spiro atoms. The molecule has 1 atom stereocenters. The quantitative estimate of drug-likeness (QED) is 0.683. The predicted octanol–water partition coefficient (Wildman–Crippen LogP) is 0.662. The van der Waals surface area contributed by atoms with Crippen molar-refractivity contribution in [2.45, 2.75) is 25.6 Å². The van der Waals surface area contributed by atoms with Gasteiger partial charge in [-0.3, -0.25) is 0 Å². The molecular formula is C9H15NO3. The van der Waals surface area contributed by atoms with Crippen molar-refractivity contribution >= 4 is 0 Å². The van der Waals surface area contributed by atoms with Gasteiger partial charge < -0.3 is 14.6 Å². The van der Waals surface area contributed by atoms with Gasteiger partial charge in [0, 0.05) is 13.0 Å². The number of aliphatic hydroxyl groups excluding tert-OH is 1. The maximum absolute atomic E-state index is 8.90. The van der Waals surface area contributed by atoms with Crippen LogP contribution in [0, 0.1) is 17.2 Å². The average Bonchev–Trinajstić information content (AvgIpc) is 2.64. The second-order valence-corrected chi connectivity index (χ2v) is 3.16. The number of rotatable bonds is 5. The van der Waals surface area contributed by atoms with Crippen LogP contribution >= 0.6 is 0 Å². The molecule has 1 N–H and O–H groups in total. The van der Waals surface area contributed by atoms with Gasteiger partial charge in [0.2, 0.25) is 0 Å². The summed E-state index contributed by atoms with van der Waals surface area (Å²) in [7, 11) is 0. The minimum absolute atomic E-state index is 0.0674. The first-order valence-electron chi connectivity index (χ1n) is 4.58. The van der Waals surface area contributed by atoms with Gasteiger partial charge >= 0.3 is 0 Å². The van der Waals surface area contributed by atoms with Gasteiger partial charge in [-0.1, -0.05) is 0 Å². The molecule has 0 aliphatic carbocycles. The number of ether oxygens (including phenoxy) is 2. The second kappa shape index (κ2) is 5.92. The summed E-state index contributed by atoms with van der Waals surface area (Å²) in [5, 5.41) is 17.3. The summed E-state index contributed by atoms with van der Waals surface area (Å²) in [5.41, 5.74) is 0. The fraction of sp³-hybridized carbons (Fsp3) is 0.889. The van der Waals surface area contributed by atoms with E-state index in [-0.39, 0.29) is 18.8 Å². The lowest BCUT2D eigenvalue weighted by atomic mass is 10.0. The van der Waals surface area contributed by atoms with Crippen LogP contribution in [-0.2, 0) is 9.47 Å². The number of hydrogen-bond donors (Lipinski definition) is 1. The SMILES string of the molecule is N#CCC(CO)CCC1OCCO1. The van der Waals surface area contributed by atoms with E-state index in [0.717, 1.165) is 12.8 Å². The summed E-state index contributed by atoms with van der Waals surface area (Å²) in [5.74, 6) is 0.0674. The topological polar surface area (TPSA) is 62.5 Å². The van der Waals surface area contributed by atoms with Crippen LogP contribution in [0.3, 0.4) is 0 Å². The Hall–Kier alpha value is -0.630. The zero-order valence-corrected chi connectivity index (χ0v) is 7.61. The summed E-state index contributed by atoms with van der Waals surface area (Å²) in [4.78, 5) is 0. The predicted molar refractivity (Wildman–Crippen MR) is 45.7 cm³/mol. The Bertz CT molecular complexity index is 172. The maximum atomic E-state index is 8.90. The van der Waals surface area contributed by atoms with Gasteiger partial charge in [0.15, 0.2) is 6.29 Å². The van der Waals surface area contributed by atoms with Gasteiger partial charge in [-0.25, -0.2) is 0 Å². The van der Waals surface area contributed by atoms with Crippen LogP contribution in [0.4, 0.5) is 0 Å². The lowest BCUT2D eigenvalue weighted by Crippen LogP contribution is -2.12. The lowest BCUT2D eigenvalue weighted by molar-refractivity contribution is -0.0511. The third-order valence-corrected chi connectivity index (χ3v) is 2.14. The molecule has 1 rings (SSSR count). The summed E-state index contributed by atoms with van der Waals surface area (Å²) in [6.07, 6.45) is 1.85. The van der Waals surface area contributed by atoms with Crippen LogP contribution in [-0.4, -0.2) is 31.2 Å². The molecule has 1 unspecified atom stereocenters. The van der Waals surface area contributed by atoms with E-state index in [9.17, 15) is 0 Å². The fourth-order valence-corrected chi connectivity index (χ4v) is 1.33. The molecule has 1 heterocycles. The first-order valence-corrected chi connectivity index (χ1v) is 4.58. The molecule has 1 aliphatic rings. The number of hydrogen-bond acceptors (Lipinski definition) is 4. The second-order valence-electron chi connectivity index (χ2n) is 3.16. The highest BCUT2D eigenvalue weighted by Crippen LogP contribution is 2.16. The summed E-state index contributed by atoms with van der Waals surface area (Å²) < 4.78 is 10.5. The molecule has 4 heteroatoms. The van der Waals surface area contributed by atoms with Crippen molar-refractivity contribution < 1.29 is 14.6 Å². The Balaban J connectivity index is 2.11. The lowest BCUT2D eigenvalue weighted by Gasteiger charge is -2.13. The molecule has 1 aliphatic heterocycles. The summed E-state index contributed by atoms with van der Waals surface area (Å²) >= 11 is 0. The molecule has 1 saturated heterocycles. The molecule has 74 valence electrons. The van der Waals surface area contributed by atoms with Crippen LogP contribution in [0.2, 0.25) is 0 Å². The van der Waals surface area contributed by atoms with Crippen LogP contribution in [0.5, 0.6) is 0 Å². The third kappa shape index (κ3) is 3.73. The molecule has 4 nitrogen and oxygen atoms in total. The van der Waals surface area contributed by atoms with Gasteiger partial charge in [-0.2, -0.15) is 5.26 Å². The van der Waals surface area contributed by atoms with E-state index in [2.05, 4.69) is 6.07 Å². The van der Waals surface area contributed by atoms with Crippen molar-refractivity contribution in [2.24, 2.45) is 5.92 Å². The molecule has 0 radical (unpaired) electrons. The van der Waals surface area contributed by atoms with E-state index in [0.29, 0.717) is 19.6 Å². The van der Waals surface area contributed by atoms with E-state index in [1.165, 1.54) is 0 Å². The summed E-state index contributed by atoms with van der Waals surface area (Å²) in [6.45, 7) is 1.39. The molecule has 0 aromatic carbocycles. The van der Waals surface area contributed by atoms with E-state index in [1.807, 2.05) is 0 Å². The highest BCUT2D eigenvalue weighted by atomic mass is 16.7. The number of aliphatic hydroxyl groups is 1. The Kier molecular flexibility index (Phi) is 4.76. The smallest absolute Gasteiger partial charge is 0.157 e. The first kappa shape index (κ1) is 10.5. The minimum Gasteiger partial charge on any atom is -0.396 e. The molecule has 0 aromatic rings. The molecule has 0 aromatic heterocycles. The average molecular weight is 185 g/mol. The van der Waals surface area contributed by atoms with Crippen molar-refractivity contribution in [1.29, 1.82) is 5.26 Å². The normalized spacial score (nSPS) is 20.0. The van der Waals surface area contributed by atoms with Gasteiger partial charge in [0.1, 0.15) is 0 Å².